The van der Waals surface area contributed by atoms with Crippen LogP contribution in [-0.2, 0) is 5.75 Å². The standard InChI is InChI=1S/C18H17NO2S/c1-12-6-5-7-13(10-12)19-18(20)17-15(11-22-2)14-8-3-4-9-16(14)21-17/h3-10H,11H2,1-2H3,(H,19,20). The largest absolute Gasteiger partial charge is 0.451 e. The first kappa shape index (κ1) is 14.7. The highest BCUT2D eigenvalue weighted by molar-refractivity contribution is 7.97. The van der Waals surface area contributed by atoms with E-state index in [1.54, 1.807) is 11.8 Å². The Hall–Kier alpha value is -2.20. The van der Waals surface area contributed by atoms with Crippen LogP contribution in [0.1, 0.15) is 21.7 Å². The first-order valence-electron chi connectivity index (χ1n) is 7.06. The van der Waals surface area contributed by atoms with Crippen molar-refractivity contribution >= 4 is 34.3 Å². The molecule has 112 valence electrons. The van der Waals surface area contributed by atoms with Gasteiger partial charge in [0, 0.05) is 22.4 Å². The molecular formula is C18H17NO2S. The molecule has 0 aliphatic heterocycles. The van der Waals surface area contributed by atoms with Crippen molar-refractivity contribution in [3.05, 3.63) is 65.4 Å². The van der Waals surface area contributed by atoms with Crippen LogP contribution in [-0.4, -0.2) is 12.2 Å². The maximum absolute atomic E-state index is 12.6. The van der Waals surface area contributed by atoms with Crippen LogP contribution in [0.2, 0.25) is 0 Å². The van der Waals surface area contributed by atoms with E-state index < -0.39 is 0 Å². The Balaban J connectivity index is 1.98. The van der Waals surface area contributed by atoms with Crippen LogP contribution in [0.15, 0.2) is 52.9 Å². The molecule has 1 N–H and O–H groups in total. The number of para-hydroxylation sites is 1. The second-order valence-corrected chi connectivity index (χ2v) is 6.03. The summed E-state index contributed by atoms with van der Waals surface area (Å²) in [5.41, 5.74) is 3.58. The number of aryl methyl sites for hydroxylation is 1. The number of benzene rings is 2. The molecule has 1 heterocycles. The zero-order valence-electron chi connectivity index (χ0n) is 12.6. The van der Waals surface area contributed by atoms with Crippen molar-refractivity contribution in [2.75, 3.05) is 11.6 Å². The van der Waals surface area contributed by atoms with Gasteiger partial charge in [-0.2, -0.15) is 11.8 Å². The molecule has 0 spiro atoms. The first-order valence-corrected chi connectivity index (χ1v) is 8.46. The van der Waals surface area contributed by atoms with Crippen LogP contribution in [0.4, 0.5) is 5.69 Å². The second-order valence-electron chi connectivity index (χ2n) is 5.16. The Morgan fingerprint density at radius 2 is 2.00 bits per heavy atom. The highest BCUT2D eigenvalue weighted by atomic mass is 32.2. The lowest BCUT2D eigenvalue weighted by Crippen LogP contribution is -2.12. The minimum atomic E-state index is -0.203. The lowest BCUT2D eigenvalue weighted by molar-refractivity contribution is 0.0998. The van der Waals surface area contributed by atoms with Gasteiger partial charge in [0.25, 0.3) is 5.91 Å². The number of hydrogen-bond acceptors (Lipinski definition) is 3. The van der Waals surface area contributed by atoms with Gasteiger partial charge in [-0.05, 0) is 36.9 Å². The average Bonchev–Trinajstić information content (AvgIpc) is 2.87. The van der Waals surface area contributed by atoms with E-state index in [-0.39, 0.29) is 5.91 Å². The summed E-state index contributed by atoms with van der Waals surface area (Å²) in [6.07, 6.45) is 2.02. The van der Waals surface area contributed by atoms with Crippen molar-refractivity contribution in [3.8, 4) is 0 Å². The number of carbonyl (C=O) groups excluding carboxylic acids is 1. The predicted octanol–water partition coefficient (Wildman–Crippen LogP) is 4.86. The van der Waals surface area contributed by atoms with Crippen LogP contribution in [0, 0.1) is 6.92 Å². The fraction of sp³-hybridized carbons (Fsp3) is 0.167. The quantitative estimate of drug-likeness (QED) is 0.748. The maximum atomic E-state index is 12.6. The summed E-state index contributed by atoms with van der Waals surface area (Å²) < 4.78 is 5.79. The van der Waals surface area contributed by atoms with E-state index in [2.05, 4.69) is 5.32 Å². The zero-order chi connectivity index (χ0) is 15.5. The summed E-state index contributed by atoms with van der Waals surface area (Å²) in [6, 6.07) is 15.5. The Labute approximate surface area is 133 Å². The number of anilines is 1. The molecule has 3 rings (SSSR count). The molecule has 1 amide bonds. The Morgan fingerprint density at radius 1 is 1.18 bits per heavy atom. The Bertz CT molecular complexity index is 823. The molecule has 3 nitrogen and oxygen atoms in total. The van der Waals surface area contributed by atoms with Crippen LogP contribution < -0.4 is 5.32 Å². The number of hydrogen-bond donors (Lipinski definition) is 1. The lowest BCUT2D eigenvalue weighted by Gasteiger charge is -2.05. The van der Waals surface area contributed by atoms with Crippen LogP contribution in [0.25, 0.3) is 11.0 Å². The summed E-state index contributed by atoms with van der Waals surface area (Å²) in [7, 11) is 0. The van der Waals surface area contributed by atoms with E-state index in [0.29, 0.717) is 5.76 Å². The predicted molar refractivity (Wildman–Crippen MR) is 92.6 cm³/mol. The molecule has 22 heavy (non-hydrogen) atoms. The number of carbonyl (C=O) groups is 1. The van der Waals surface area contributed by atoms with Gasteiger partial charge in [-0.1, -0.05) is 30.3 Å². The molecule has 0 bridgehead atoms. The Morgan fingerprint density at radius 3 is 2.77 bits per heavy atom. The van der Waals surface area contributed by atoms with Gasteiger partial charge in [-0.15, -0.1) is 0 Å². The maximum Gasteiger partial charge on any atom is 0.291 e. The van der Waals surface area contributed by atoms with Gasteiger partial charge in [0.1, 0.15) is 5.58 Å². The number of nitrogens with one attached hydrogen (secondary N) is 1. The van der Waals surface area contributed by atoms with Gasteiger partial charge in [0.05, 0.1) is 0 Å². The fourth-order valence-electron chi connectivity index (χ4n) is 2.48. The van der Waals surface area contributed by atoms with Crippen molar-refractivity contribution in [2.45, 2.75) is 12.7 Å². The Kier molecular flexibility index (Phi) is 4.20. The summed E-state index contributed by atoms with van der Waals surface area (Å²) in [4.78, 5) is 12.6. The molecule has 0 radical (unpaired) electrons. The fourth-order valence-corrected chi connectivity index (χ4v) is 3.06. The van der Waals surface area contributed by atoms with E-state index in [1.807, 2.05) is 61.7 Å². The molecule has 4 heteroatoms. The third kappa shape index (κ3) is 2.88. The summed E-state index contributed by atoms with van der Waals surface area (Å²) in [5, 5.41) is 3.92. The van der Waals surface area contributed by atoms with E-state index in [0.717, 1.165) is 33.5 Å². The topological polar surface area (TPSA) is 42.2 Å². The van der Waals surface area contributed by atoms with Gasteiger partial charge in [0.15, 0.2) is 5.76 Å². The van der Waals surface area contributed by atoms with Gasteiger partial charge in [-0.25, -0.2) is 0 Å². The molecule has 0 atom stereocenters. The lowest BCUT2D eigenvalue weighted by atomic mass is 10.1. The van der Waals surface area contributed by atoms with Crippen LogP contribution in [0.5, 0.6) is 0 Å². The zero-order valence-corrected chi connectivity index (χ0v) is 13.4. The number of rotatable bonds is 4. The summed E-state index contributed by atoms with van der Waals surface area (Å²) in [5.74, 6) is 0.941. The number of thioether (sulfide) groups is 1. The van der Waals surface area contributed by atoms with E-state index >= 15 is 0 Å². The van der Waals surface area contributed by atoms with E-state index in [4.69, 9.17) is 4.42 Å². The summed E-state index contributed by atoms with van der Waals surface area (Å²) >= 11 is 1.67. The monoisotopic (exact) mass is 311 g/mol. The number of fused-ring (bicyclic) bond motifs is 1. The molecule has 0 saturated carbocycles. The SMILES string of the molecule is CSCc1c(C(=O)Nc2cccc(C)c2)oc2ccccc12. The normalized spacial score (nSPS) is 10.8. The smallest absolute Gasteiger partial charge is 0.291 e. The van der Waals surface area contributed by atoms with Gasteiger partial charge >= 0.3 is 0 Å². The molecule has 1 aromatic heterocycles. The molecule has 0 unspecified atom stereocenters. The van der Waals surface area contributed by atoms with Crippen molar-refractivity contribution in [1.29, 1.82) is 0 Å². The van der Waals surface area contributed by atoms with Crippen molar-refractivity contribution in [1.82, 2.24) is 0 Å². The molecule has 0 saturated heterocycles. The molecule has 3 aromatic rings. The van der Waals surface area contributed by atoms with Gasteiger partial charge < -0.3 is 9.73 Å². The van der Waals surface area contributed by atoms with E-state index in [9.17, 15) is 4.79 Å². The minimum absolute atomic E-state index is 0.203. The van der Waals surface area contributed by atoms with Gasteiger partial charge in [-0.3, -0.25) is 4.79 Å². The van der Waals surface area contributed by atoms with Crippen molar-refractivity contribution < 1.29 is 9.21 Å². The molecule has 0 aliphatic carbocycles. The highest BCUT2D eigenvalue weighted by Gasteiger charge is 2.20. The minimum Gasteiger partial charge on any atom is -0.451 e. The van der Waals surface area contributed by atoms with Crippen molar-refractivity contribution in [3.63, 3.8) is 0 Å². The average molecular weight is 311 g/mol. The first-order chi connectivity index (χ1) is 10.7. The van der Waals surface area contributed by atoms with Crippen LogP contribution >= 0.6 is 11.8 Å². The molecular weight excluding hydrogens is 294 g/mol. The van der Waals surface area contributed by atoms with Gasteiger partial charge in [0.2, 0.25) is 0 Å². The second kappa shape index (κ2) is 6.28. The molecule has 0 aliphatic rings. The third-order valence-electron chi connectivity index (χ3n) is 3.47. The van der Waals surface area contributed by atoms with Crippen LogP contribution in [0.3, 0.4) is 0 Å². The molecule has 2 aromatic carbocycles. The summed E-state index contributed by atoms with van der Waals surface area (Å²) in [6.45, 7) is 2.00. The highest BCUT2D eigenvalue weighted by Crippen LogP contribution is 2.29. The number of amides is 1. The van der Waals surface area contributed by atoms with Crippen molar-refractivity contribution in [2.24, 2.45) is 0 Å². The van der Waals surface area contributed by atoms with E-state index in [1.165, 1.54) is 0 Å². The molecule has 0 fully saturated rings. The number of furan rings is 1. The third-order valence-corrected chi connectivity index (χ3v) is 4.05.